The van der Waals surface area contributed by atoms with Crippen LogP contribution in [0.4, 0.5) is 5.69 Å². The molecule has 1 N–H and O–H groups in total. The minimum absolute atomic E-state index is 0.0309. The molecular weight excluding hydrogens is 482 g/mol. The third-order valence-electron chi connectivity index (χ3n) is 7.17. The van der Waals surface area contributed by atoms with E-state index in [1.807, 2.05) is 48.5 Å². The van der Waals surface area contributed by atoms with Crippen molar-refractivity contribution in [2.75, 3.05) is 18.1 Å². The van der Waals surface area contributed by atoms with Gasteiger partial charge in [0, 0.05) is 18.8 Å². The van der Waals surface area contributed by atoms with Gasteiger partial charge in [-0.1, -0.05) is 43.3 Å². The number of hydrogen-bond donors (Lipinski definition) is 1. The van der Waals surface area contributed by atoms with Crippen molar-refractivity contribution in [2.45, 2.75) is 57.7 Å². The van der Waals surface area contributed by atoms with E-state index in [1.54, 1.807) is 16.8 Å². The number of aromatic nitrogens is 3. The molecule has 3 atom stereocenters. The van der Waals surface area contributed by atoms with E-state index in [9.17, 15) is 9.59 Å². The van der Waals surface area contributed by atoms with Crippen LogP contribution in [0, 0.1) is 0 Å². The predicted octanol–water partition coefficient (Wildman–Crippen LogP) is 4.61. The lowest BCUT2D eigenvalue weighted by atomic mass is 9.98. The van der Waals surface area contributed by atoms with E-state index in [0.717, 1.165) is 24.8 Å². The third kappa shape index (κ3) is 5.47. The molecule has 0 spiro atoms. The summed E-state index contributed by atoms with van der Waals surface area (Å²) in [5.74, 6) is 0.104. The van der Waals surface area contributed by atoms with Crippen LogP contribution in [0.2, 0.25) is 0 Å². The molecule has 4 aromatic rings. The average molecular weight is 516 g/mol. The van der Waals surface area contributed by atoms with Gasteiger partial charge >= 0.3 is 0 Å². The summed E-state index contributed by atoms with van der Waals surface area (Å²) in [6.45, 7) is 5.28. The maximum atomic E-state index is 14.0. The minimum atomic E-state index is -1.01. The number of furan rings is 1. The number of para-hydroxylation sites is 1. The highest BCUT2D eigenvalue weighted by atomic mass is 16.5. The van der Waals surface area contributed by atoms with Crippen LogP contribution in [-0.2, 0) is 20.9 Å². The third-order valence-corrected chi connectivity index (χ3v) is 7.17. The van der Waals surface area contributed by atoms with Gasteiger partial charge < -0.3 is 14.5 Å². The number of fused-ring (bicyclic) bond motifs is 1. The first-order valence-corrected chi connectivity index (χ1v) is 13.2. The van der Waals surface area contributed by atoms with Crippen LogP contribution < -0.4 is 10.2 Å². The van der Waals surface area contributed by atoms with E-state index in [1.165, 1.54) is 16.7 Å². The zero-order valence-corrected chi connectivity index (χ0v) is 21.7. The van der Waals surface area contributed by atoms with Crippen molar-refractivity contribution in [2.24, 2.45) is 0 Å². The summed E-state index contributed by atoms with van der Waals surface area (Å²) in [6, 6.07) is 17.7. The molecule has 2 aromatic carbocycles. The quantitative estimate of drug-likeness (QED) is 0.331. The molecule has 9 nitrogen and oxygen atoms in total. The van der Waals surface area contributed by atoms with Crippen molar-refractivity contribution in [1.29, 1.82) is 0 Å². The molecule has 1 saturated heterocycles. The Labute approximate surface area is 221 Å². The Morgan fingerprint density at radius 3 is 2.66 bits per heavy atom. The lowest BCUT2D eigenvalue weighted by Crippen LogP contribution is -2.46. The molecule has 1 aliphatic heterocycles. The van der Waals surface area contributed by atoms with Crippen LogP contribution in [0.25, 0.3) is 11.0 Å². The highest BCUT2D eigenvalue weighted by Gasteiger charge is 2.35. The Balaban J connectivity index is 1.50. The molecule has 198 valence electrons. The molecule has 2 aromatic heterocycles. The van der Waals surface area contributed by atoms with Gasteiger partial charge in [0.15, 0.2) is 6.04 Å². The van der Waals surface area contributed by atoms with Gasteiger partial charge in [0.1, 0.15) is 17.8 Å². The standard InChI is InChI=1S/C29H33N5O4/c1-3-20(2)21-12-14-22(15-13-21)34(27(35)19-33-25-10-5-4-9-24(25)31-32-33)28(26-11-7-17-38-26)29(36)30-18-23-8-6-16-37-23/h4-5,7,9-15,17,20,23,28H,3,6,8,16,18-19H2,1-2H3,(H,30,36)/t20-,23+,28-/m0/s1. The molecule has 5 rings (SSSR count). The fourth-order valence-electron chi connectivity index (χ4n) is 4.81. The monoisotopic (exact) mass is 515 g/mol. The van der Waals surface area contributed by atoms with Gasteiger partial charge in [-0.25, -0.2) is 4.68 Å². The lowest BCUT2D eigenvalue weighted by molar-refractivity contribution is -0.127. The number of carbonyl (C=O) groups is 2. The van der Waals surface area contributed by atoms with Gasteiger partial charge in [-0.3, -0.25) is 14.5 Å². The minimum Gasteiger partial charge on any atom is -0.467 e. The van der Waals surface area contributed by atoms with E-state index in [0.29, 0.717) is 36.0 Å². The Morgan fingerprint density at radius 2 is 1.95 bits per heavy atom. The summed E-state index contributed by atoms with van der Waals surface area (Å²) in [5.41, 5.74) is 3.20. The Kier molecular flexibility index (Phi) is 7.83. The van der Waals surface area contributed by atoms with Gasteiger partial charge in [-0.15, -0.1) is 5.10 Å². The van der Waals surface area contributed by atoms with Crippen LogP contribution in [0.15, 0.2) is 71.3 Å². The van der Waals surface area contributed by atoms with Crippen LogP contribution in [-0.4, -0.2) is 46.1 Å². The number of benzene rings is 2. The van der Waals surface area contributed by atoms with E-state index in [4.69, 9.17) is 9.15 Å². The Bertz CT molecular complexity index is 1360. The summed E-state index contributed by atoms with van der Waals surface area (Å²) < 4.78 is 12.9. The van der Waals surface area contributed by atoms with Crippen LogP contribution in [0.5, 0.6) is 0 Å². The summed E-state index contributed by atoms with van der Waals surface area (Å²) in [6.07, 6.45) is 4.35. The molecule has 38 heavy (non-hydrogen) atoms. The molecule has 0 unspecified atom stereocenters. The molecule has 1 fully saturated rings. The molecule has 0 radical (unpaired) electrons. The Morgan fingerprint density at radius 1 is 1.13 bits per heavy atom. The van der Waals surface area contributed by atoms with Crippen molar-refractivity contribution in [3.63, 3.8) is 0 Å². The van der Waals surface area contributed by atoms with Gasteiger partial charge in [-0.2, -0.15) is 0 Å². The molecule has 0 aliphatic carbocycles. The average Bonchev–Trinajstić information content (AvgIpc) is 3.73. The van der Waals surface area contributed by atoms with Crippen LogP contribution in [0.3, 0.4) is 0 Å². The molecule has 1 aliphatic rings. The molecule has 3 heterocycles. The number of ether oxygens (including phenoxy) is 1. The van der Waals surface area contributed by atoms with Crippen molar-refractivity contribution in [3.05, 3.63) is 78.3 Å². The smallest absolute Gasteiger partial charge is 0.251 e. The number of amides is 2. The van der Waals surface area contributed by atoms with Crippen molar-refractivity contribution in [1.82, 2.24) is 20.3 Å². The van der Waals surface area contributed by atoms with Crippen LogP contribution in [0.1, 0.15) is 56.4 Å². The summed E-state index contributed by atoms with van der Waals surface area (Å²) in [4.78, 5) is 29.2. The highest BCUT2D eigenvalue weighted by molar-refractivity contribution is 6.01. The molecule has 0 bridgehead atoms. The second-order valence-electron chi connectivity index (χ2n) is 9.70. The van der Waals surface area contributed by atoms with E-state index in [2.05, 4.69) is 29.5 Å². The number of hydrogen-bond acceptors (Lipinski definition) is 6. The number of rotatable bonds is 10. The lowest BCUT2D eigenvalue weighted by Gasteiger charge is -2.30. The van der Waals surface area contributed by atoms with Crippen molar-refractivity contribution in [3.8, 4) is 0 Å². The largest absolute Gasteiger partial charge is 0.467 e. The van der Waals surface area contributed by atoms with Gasteiger partial charge in [0.05, 0.1) is 17.9 Å². The van der Waals surface area contributed by atoms with E-state index >= 15 is 0 Å². The van der Waals surface area contributed by atoms with Crippen molar-refractivity contribution < 1.29 is 18.7 Å². The van der Waals surface area contributed by atoms with Gasteiger partial charge in [0.2, 0.25) is 5.91 Å². The second kappa shape index (κ2) is 11.6. The SMILES string of the molecule is CC[C@H](C)c1ccc(N(C(=O)Cn2nnc3ccccc32)[C@H](C(=O)NC[C@H]2CCCO2)c2ccco2)cc1. The first-order chi connectivity index (χ1) is 18.5. The highest BCUT2D eigenvalue weighted by Crippen LogP contribution is 2.31. The maximum Gasteiger partial charge on any atom is 0.251 e. The normalized spacial score (nSPS) is 16.8. The van der Waals surface area contributed by atoms with E-state index < -0.39 is 6.04 Å². The number of carbonyl (C=O) groups excluding carboxylic acids is 2. The van der Waals surface area contributed by atoms with Crippen molar-refractivity contribution >= 4 is 28.5 Å². The first-order valence-electron chi connectivity index (χ1n) is 13.2. The maximum absolute atomic E-state index is 14.0. The molecule has 0 saturated carbocycles. The van der Waals surface area contributed by atoms with Gasteiger partial charge in [-0.05, 0) is 67.1 Å². The first kappa shape index (κ1) is 25.7. The number of anilines is 1. The topological polar surface area (TPSA) is 102 Å². The molecule has 9 heteroatoms. The zero-order chi connectivity index (χ0) is 26.5. The Hall–Kier alpha value is -3.98. The second-order valence-corrected chi connectivity index (χ2v) is 9.70. The predicted molar refractivity (Wildman–Crippen MR) is 144 cm³/mol. The fraction of sp³-hybridized carbons (Fsp3) is 0.379. The summed E-state index contributed by atoms with van der Waals surface area (Å²) >= 11 is 0. The summed E-state index contributed by atoms with van der Waals surface area (Å²) in [5, 5.41) is 11.4. The van der Waals surface area contributed by atoms with Crippen LogP contribution >= 0.6 is 0 Å². The number of nitrogens with zero attached hydrogens (tertiary/aromatic N) is 4. The summed E-state index contributed by atoms with van der Waals surface area (Å²) in [7, 11) is 0. The zero-order valence-electron chi connectivity index (χ0n) is 21.7. The van der Waals surface area contributed by atoms with Gasteiger partial charge in [0.25, 0.3) is 5.91 Å². The van der Waals surface area contributed by atoms with E-state index in [-0.39, 0.29) is 24.5 Å². The number of nitrogens with one attached hydrogen (secondary N) is 1. The molecular formula is C29H33N5O4. The molecule has 2 amide bonds. The fourth-order valence-corrected chi connectivity index (χ4v) is 4.81.